The van der Waals surface area contributed by atoms with Gasteiger partial charge < -0.3 is 9.47 Å². The highest BCUT2D eigenvalue weighted by atomic mass is 16.6. The van der Waals surface area contributed by atoms with Crippen molar-refractivity contribution < 1.29 is 19.1 Å². The molecule has 3 aliphatic rings. The Morgan fingerprint density at radius 2 is 2.00 bits per heavy atom. The normalized spacial score (nSPS) is 27.0. The highest BCUT2D eigenvalue weighted by Crippen LogP contribution is 2.44. The van der Waals surface area contributed by atoms with Crippen molar-refractivity contribution in [1.82, 2.24) is 0 Å². The van der Waals surface area contributed by atoms with E-state index >= 15 is 0 Å². The quantitative estimate of drug-likeness (QED) is 0.628. The lowest BCUT2D eigenvalue weighted by Gasteiger charge is -2.41. The molecule has 0 amide bonds. The van der Waals surface area contributed by atoms with Crippen LogP contribution in [-0.4, -0.2) is 24.0 Å². The summed E-state index contributed by atoms with van der Waals surface area (Å²) >= 11 is 0. The predicted molar refractivity (Wildman–Crippen MR) is 89.0 cm³/mol. The lowest BCUT2D eigenvalue weighted by Crippen LogP contribution is -2.48. The Bertz CT molecular complexity index is 642. The molecule has 0 aromatic heterocycles. The molecular formula is C20H24O4. The van der Waals surface area contributed by atoms with E-state index < -0.39 is 5.60 Å². The van der Waals surface area contributed by atoms with E-state index in [-0.39, 0.29) is 18.2 Å². The maximum atomic E-state index is 12.1. The Morgan fingerprint density at radius 3 is 2.79 bits per heavy atom. The number of fused-ring (bicyclic) bond motifs is 1. The van der Waals surface area contributed by atoms with Crippen LogP contribution in [0.4, 0.5) is 0 Å². The Morgan fingerprint density at radius 1 is 1.17 bits per heavy atom. The number of carbonyl (C=O) groups is 2. The first-order valence-electron chi connectivity index (χ1n) is 9.13. The molecule has 2 fully saturated rings. The molecule has 0 radical (unpaired) electrons. The van der Waals surface area contributed by atoms with Crippen LogP contribution in [0.1, 0.15) is 56.1 Å². The molecule has 0 N–H and O–H groups in total. The Kier molecular flexibility index (Phi) is 4.07. The summed E-state index contributed by atoms with van der Waals surface area (Å²) in [5, 5.41) is 0. The molecule has 2 heterocycles. The van der Waals surface area contributed by atoms with Crippen LogP contribution in [0.15, 0.2) is 18.2 Å². The van der Waals surface area contributed by atoms with Gasteiger partial charge in [0.15, 0.2) is 0 Å². The highest BCUT2D eigenvalue weighted by Gasteiger charge is 2.47. The van der Waals surface area contributed by atoms with E-state index in [1.54, 1.807) is 0 Å². The van der Waals surface area contributed by atoms with Gasteiger partial charge >= 0.3 is 5.97 Å². The molecule has 0 bridgehead atoms. The standard InChI is InChI=1S/C20H24O4/c21-17-12-19(22)24-20(13-17,16-3-1-2-4-16)9-7-14-5-6-18-15(11-14)8-10-23-18/h5-6,11,16H,1-4,7-10,12-13H2. The van der Waals surface area contributed by atoms with Crippen LogP contribution in [0.5, 0.6) is 5.75 Å². The van der Waals surface area contributed by atoms with Crippen LogP contribution in [0, 0.1) is 5.92 Å². The van der Waals surface area contributed by atoms with Crippen LogP contribution >= 0.6 is 0 Å². The summed E-state index contributed by atoms with van der Waals surface area (Å²) in [4.78, 5) is 24.0. The van der Waals surface area contributed by atoms with Gasteiger partial charge in [0, 0.05) is 12.8 Å². The maximum absolute atomic E-state index is 12.1. The lowest BCUT2D eigenvalue weighted by atomic mass is 9.76. The van der Waals surface area contributed by atoms with Crippen molar-refractivity contribution >= 4 is 11.8 Å². The summed E-state index contributed by atoms with van der Waals surface area (Å²) in [5.41, 5.74) is 1.93. The van der Waals surface area contributed by atoms with E-state index in [2.05, 4.69) is 12.1 Å². The highest BCUT2D eigenvalue weighted by molar-refractivity contribution is 5.98. The van der Waals surface area contributed by atoms with Crippen LogP contribution in [0.3, 0.4) is 0 Å². The first-order chi connectivity index (χ1) is 11.6. The first kappa shape index (κ1) is 15.7. The Hall–Kier alpha value is -1.84. The van der Waals surface area contributed by atoms with Gasteiger partial charge in [-0.15, -0.1) is 0 Å². The van der Waals surface area contributed by atoms with Gasteiger partial charge in [-0.25, -0.2) is 0 Å². The number of ether oxygens (including phenoxy) is 2. The summed E-state index contributed by atoms with van der Waals surface area (Å²) in [6, 6.07) is 6.34. The third-order valence-corrected chi connectivity index (χ3v) is 5.84. The number of aryl methyl sites for hydroxylation is 1. The van der Waals surface area contributed by atoms with Gasteiger partial charge in [0.05, 0.1) is 6.61 Å². The van der Waals surface area contributed by atoms with Crippen molar-refractivity contribution in [2.24, 2.45) is 5.92 Å². The Balaban J connectivity index is 1.53. The van der Waals surface area contributed by atoms with E-state index in [9.17, 15) is 9.59 Å². The van der Waals surface area contributed by atoms with Gasteiger partial charge in [-0.3, -0.25) is 9.59 Å². The molecule has 1 saturated heterocycles. The van der Waals surface area contributed by atoms with E-state index in [4.69, 9.17) is 9.47 Å². The summed E-state index contributed by atoms with van der Waals surface area (Å²) < 4.78 is 11.4. The molecule has 4 nitrogen and oxygen atoms in total. The third kappa shape index (κ3) is 2.94. The minimum absolute atomic E-state index is 0.0421. The smallest absolute Gasteiger partial charge is 0.313 e. The van der Waals surface area contributed by atoms with E-state index in [0.29, 0.717) is 12.3 Å². The summed E-state index contributed by atoms with van der Waals surface area (Å²) in [5.74, 6) is 1.04. The minimum atomic E-state index is -0.571. The number of hydrogen-bond donors (Lipinski definition) is 0. The zero-order valence-corrected chi connectivity index (χ0v) is 14.0. The number of rotatable bonds is 4. The number of ketones is 1. The number of cyclic esters (lactones) is 1. The summed E-state index contributed by atoms with van der Waals surface area (Å²) in [6.45, 7) is 0.761. The van der Waals surface area contributed by atoms with Gasteiger partial charge in [0.1, 0.15) is 23.6 Å². The van der Waals surface area contributed by atoms with Crippen LogP contribution in [0.25, 0.3) is 0 Å². The average molecular weight is 328 g/mol. The molecule has 1 unspecified atom stereocenters. The fourth-order valence-corrected chi connectivity index (χ4v) is 4.63. The number of benzene rings is 1. The van der Waals surface area contributed by atoms with E-state index in [0.717, 1.165) is 44.5 Å². The van der Waals surface area contributed by atoms with Crippen molar-refractivity contribution in [3.05, 3.63) is 29.3 Å². The van der Waals surface area contributed by atoms with E-state index in [1.807, 2.05) is 6.07 Å². The number of hydrogen-bond acceptors (Lipinski definition) is 4. The van der Waals surface area contributed by atoms with Crippen molar-refractivity contribution in [1.29, 1.82) is 0 Å². The second-order valence-corrected chi connectivity index (χ2v) is 7.45. The zero-order chi connectivity index (χ0) is 16.6. The van der Waals surface area contributed by atoms with Crippen molar-refractivity contribution in [2.75, 3.05) is 6.61 Å². The molecule has 1 aromatic carbocycles. The maximum Gasteiger partial charge on any atom is 0.313 e. The van der Waals surface area contributed by atoms with E-state index in [1.165, 1.54) is 24.0 Å². The SMILES string of the molecule is O=C1CC(=O)OC(CCc2ccc3c(c2)CCO3)(C2CCCC2)C1. The van der Waals surface area contributed by atoms with Gasteiger partial charge in [0.2, 0.25) is 0 Å². The second-order valence-electron chi connectivity index (χ2n) is 7.45. The first-order valence-corrected chi connectivity index (χ1v) is 9.13. The van der Waals surface area contributed by atoms with Gasteiger partial charge in [-0.2, -0.15) is 0 Å². The molecule has 1 aromatic rings. The number of Topliss-reactive ketones (excluding diaryl/α,β-unsaturated/α-hetero) is 1. The molecule has 2 aliphatic heterocycles. The van der Waals surface area contributed by atoms with Crippen molar-refractivity contribution in [3.8, 4) is 5.75 Å². The largest absolute Gasteiger partial charge is 0.493 e. The molecule has 0 spiro atoms. The molecule has 1 saturated carbocycles. The van der Waals surface area contributed by atoms with Crippen molar-refractivity contribution in [3.63, 3.8) is 0 Å². The summed E-state index contributed by atoms with van der Waals surface area (Å²) in [6.07, 6.45) is 7.38. The molecule has 24 heavy (non-hydrogen) atoms. The molecule has 4 heteroatoms. The average Bonchev–Trinajstić information content (AvgIpc) is 3.23. The minimum Gasteiger partial charge on any atom is -0.493 e. The van der Waals surface area contributed by atoms with Gasteiger partial charge in [-0.05, 0) is 48.8 Å². The Labute approximate surface area is 142 Å². The van der Waals surface area contributed by atoms with Crippen LogP contribution in [0.2, 0.25) is 0 Å². The molecular weight excluding hydrogens is 304 g/mol. The number of carbonyl (C=O) groups excluding carboxylic acids is 2. The lowest BCUT2D eigenvalue weighted by molar-refractivity contribution is -0.178. The zero-order valence-electron chi connectivity index (χ0n) is 14.0. The summed E-state index contributed by atoms with van der Waals surface area (Å²) in [7, 11) is 0. The third-order valence-electron chi connectivity index (χ3n) is 5.84. The van der Waals surface area contributed by atoms with Crippen LogP contribution in [-0.2, 0) is 27.2 Å². The monoisotopic (exact) mass is 328 g/mol. The molecule has 128 valence electrons. The topological polar surface area (TPSA) is 52.6 Å². The fourth-order valence-electron chi connectivity index (χ4n) is 4.63. The van der Waals surface area contributed by atoms with Gasteiger partial charge in [0.25, 0.3) is 0 Å². The fraction of sp³-hybridized carbons (Fsp3) is 0.600. The second kappa shape index (κ2) is 6.23. The van der Waals surface area contributed by atoms with Crippen LogP contribution < -0.4 is 4.74 Å². The molecule has 4 rings (SSSR count). The van der Waals surface area contributed by atoms with Crippen molar-refractivity contribution in [2.45, 2.75) is 63.4 Å². The number of esters is 1. The predicted octanol–water partition coefficient (Wildman–Crippen LogP) is 3.39. The van der Waals surface area contributed by atoms with Gasteiger partial charge in [-0.1, -0.05) is 25.0 Å². The molecule has 1 atom stereocenters. The molecule has 1 aliphatic carbocycles.